The van der Waals surface area contributed by atoms with Crippen LogP contribution in [-0.2, 0) is 0 Å². The molecule has 1 aliphatic heterocycles. The molecule has 0 saturated carbocycles. The smallest absolute Gasteiger partial charge is 0.198 e. The predicted octanol–water partition coefficient (Wildman–Crippen LogP) is 4.88. The fraction of sp³-hybridized carbons (Fsp3) is 0.158. The summed E-state index contributed by atoms with van der Waals surface area (Å²) in [5, 5.41) is 0. The van der Waals surface area contributed by atoms with Crippen molar-refractivity contribution in [2.24, 2.45) is 0 Å². The van der Waals surface area contributed by atoms with Gasteiger partial charge in [0, 0.05) is 24.1 Å². The number of hydrogen-bond donors (Lipinski definition) is 1. The van der Waals surface area contributed by atoms with E-state index in [4.69, 9.17) is 10.2 Å². The Morgan fingerprint density at radius 1 is 0.958 bits per heavy atom. The van der Waals surface area contributed by atoms with Crippen LogP contribution in [0.2, 0.25) is 0 Å². The van der Waals surface area contributed by atoms with Crippen LogP contribution in [0.1, 0.15) is 11.7 Å². The monoisotopic (exact) mass is 383 g/mol. The zero-order valence-corrected chi connectivity index (χ0v) is 15.1. The number of halogens is 1. The molecule has 0 unspecified atom stereocenters. The molecule has 0 fully saturated rings. The van der Waals surface area contributed by atoms with Gasteiger partial charge in [0.15, 0.2) is 5.88 Å². The highest BCUT2D eigenvalue weighted by Gasteiger charge is 2.34. The molecular weight excluding hydrogens is 366 g/mol. The summed E-state index contributed by atoms with van der Waals surface area (Å²) >= 11 is 3.46. The Balaban J connectivity index is 1.75. The number of para-hydroxylation sites is 2. The number of hydrogen-bond acceptors (Lipinski definition) is 4. The molecule has 5 heteroatoms. The van der Waals surface area contributed by atoms with Crippen molar-refractivity contribution in [3.8, 4) is 11.3 Å². The molecule has 4 rings (SSSR count). The maximum Gasteiger partial charge on any atom is 0.198 e. The van der Waals surface area contributed by atoms with Crippen LogP contribution in [0.25, 0.3) is 11.3 Å². The van der Waals surface area contributed by atoms with E-state index in [2.05, 4.69) is 64.1 Å². The number of nitrogens with zero attached hydrogens (tertiary/aromatic N) is 2. The maximum absolute atomic E-state index is 6.22. The number of benzene rings is 2. The zero-order chi connectivity index (χ0) is 16.8. The number of fused-ring (bicyclic) bond motifs is 1. The van der Waals surface area contributed by atoms with Crippen molar-refractivity contribution in [1.29, 1.82) is 0 Å². The highest BCUT2D eigenvalue weighted by molar-refractivity contribution is 9.10. The quantitative estimate of drug-likeness (QED) is 0.684. The van der Waals surface area contributed by atoms with E-state index in [1.165, 1.54) is 11.4 Å². The molecule has 0 bridgehead atoms. The Bertz CT molecular complexity index is 859. The summed E-state index contributed by atoms with van der Waals surface area (Å²) in [5.41, 5.74) is 10.6. The highest BCUT2D eigenvalue weighted by Crippen LogP contribution is 2.46. The Labute approximate surface area is 149 Å². The lowest BCUT2D eigenvalue weighted by atomic mass is 10.1. The van der Waals surface area contributed by atoms with E-state index in [0.29, 0.717) is 5.88 Å². The first kappa shape index (κ1) is 15.1. The lowest BCUT2D eigenvalue weighted by molar-refractivity contribution is 0.592. The molecule has 4 nitrogen and oxygen atoms in total. The SMILES string of the molecule is CN1c2ccccc2N(C)C1c1cc(-c2ccc(Br)cc2)oc1N. The average Bonchev–Trinajstić information content (AvgIpc) is 3.07. The van der Waals surface area contributed by atoms with Crippen molar-refractivity contribution in [3.05, 3.63) is 64.6 Å². The molecule has 0 spiro atoms. The number of rotatable bonds is 2. The number of anilines is 3. The molecule has 3 aromatic rings. The first-order valence-corrected chi connectivity index (χ1v) is 8.55. The van der Waals surface area contributed by atoms with E-state index in [0.717, 1.165) is 21.4 Å². The summed E-state index contributed by atoms with van der Waals surface area (Å²) in [6.45, 7) is 0. The lowest BCUT2D eigenvalue weighted by Gasteiger charge is -2.27. The highest BCUT2D eigenvalue weighted by atomic mass is 79.9. The van der Waals surface area contributed by atoms with Crippen LogP contribution in [0.5, 0.6) is 0 Å². The summed E-state index contributed by atoms with van der Waals surface area (Å²) in [6, 6.07) is 18.4. The molecule has 0 aliphatic carbocycles. The van der Waals surface area contributed by atoms with Crippen molar-refractivity contribution >= 4 is 33.2 Å². The van der Waals surface area contributed by atoms with Crippen molar-refractivity contribution in [3.63, 3.8) is 0 Å². The van der Waals surface area contributed by atoms with Gasteiger partial charge >= 0.3 is 0 Å². The minimum Gasteiger partial charge on any atom is -0.441 e. The number of nitrogen functional groups attached to an aromatic ring is 1. The van der Waals surface area contributed by atoms with Gasteiger partial charge in [0.05, 0.1) is 16.9 Å². The second-order valence-corrected chi connectivity index (χ2v) is 6.94. The molecule has 1 aromatic heterocycles. The molecule has 0 atom stereocenters. The second kappa shape index (κ2) is 5.60. The van der Waals surface area contributed by atoms with Gasteiger partial charge in [-0.15, -0.1) is 0 Å². The van der Waals surface area contributed by atoms with E-state index >= 15 is 0 Å². The van der Waals surface area contributed by atoms with Crippen LogP contribution in [-0.4, -0.2) is 14.1 Å². The normalized spacial score (nSPS) is 14.3. The van der Waals surface area contributed by atoms with E-state index in [1.807, 2.05) is 30.3 Å². The summed E-state index contributed by atoms with van der Waals surface area (Å²) in [6.07, 6.45) is 0.0235. The van der Waals surface area contributed by atoms with Gasteiger partial charge in [-0.25, -0.2) is 0 Å². The van der Waals surface area contributed by atoms with Crippen molar-refractivity contribution in [1.82, 2.24) is 0 Å². The van der Waals surface area contributed by atoms with E-state index in [-0.39, 0.29) is 6.17 Å². The van der Waals surface area contributed by atoms with Gasteiger partial charge in [-0.1, -0.05) is 40.2 Å². The van der Waals surface area contributed by atoms with Gasteiger partial charge < -0.3 is 20.0 Å². The lowest BCUT2D eigenvalue weighted by Crippen LogP contribution is -2.30. The largest absolute Gasteiger partial charge is 0.441 e. The topological polar surface area (TPSA) is 45.6 Å². The first-order chi connectivity index (χ1) is 11.6. The predicted molar refractivity (Wildman–Crippen MR) is 102 cm³/mol. The second-order valence-electron chi connectivity index (χ2n) is 6.02. The third kappa shape index (κ3) is 2.27. The molecule has 0 radical (unpaired) electrons. The van der Waals surface area contributed by atoms with Crippen LogP contribution < -0.4 is 15.5 Å². The van der Waals surface area contributed by atoms with Crippen LogP contribution in [0, 0.1) is 0 Å². The van der Waals surface area contributed by atoms with Crippen LogP contribution in [0.3, 0.4) is 0 Å². The van der Waals surface area contributed by atoms with Gasteiger partial charge in [0.1, 0.15) is 11.9 Å². The van der Waals surface area contributed by atoms with Crippen LogP contribution >= 0.6 is 15.9 Å². The van der Waals surface area contributed by atoms with Gasteiger partial charge in [0.2, 0.25) is 0 Å². The molecule has 122 valence electrons. The molecule has 2 heterocycles. The molecule has 2 aromatic carbocycles. The van der Waals surface area contributed by atoms with E-state index in [9.17, 15) is 0 Å². The first-order valence-electron chi connectivity index (χ1n) is 7.76. The van der Waals surface area contributed by atoms with E-state index in [1.54, 1.807) is 0 Å². The Kier molecular flexibility index (Phi) is 3.53. The summed E-state index contributed by atoms with van der Waals surface area (Å²) in [4.78, 5) is 4.45. The summed E-state index contributed by atoms with van der Waals surface area (Å²) in [7, 11) is 4.16. The molecule has 0 amide bonds. The fourth-order valence-corrected chi connectivity index (χ4v) is 3.64. The Morgan fingerprint density at radius 3 is 2.12 bits per heavy atom. The average molecular weight is 384 g/mol. The van der Waals surface area contributed by atoms with Crippen LogP contribution in [0.4, 0.5) is 17.3 Å². The van der Waals surface area contributed by atoms with Crippen molar-refractivity contribution < 1.29 is 4.42 Å². The van der Waals surface area contributed by atoms with Gasteiger partial charge in [0.25, 0.3) is 0 Å². The minimum absolute atomic E-state index is 0.0235. The fourth-order valence-electron chi connectivity index (χ4n) is 3.38. The third-order valence-corrected chi connectivity index (χ3v) is 5.10. The molecule has 2 N–H and O–H groups in total. The summed E-state index contributed by atoms with van der Waals surface area (Å²) < 4.78 is 6.90. The van der Waals surface area contributed by atoms with Gasteiger partial charge in [-0.2, -0.15) is 0 Å². The van der Waals surface area contributed by atoms with Crippen molar-refractivity contribution in [2.75, 3.05) is 29.6 Å². The standard InChI is InChI=1S/C19H18BrN3O/c1-22-15-5-3-4-6-16(15)23(2)19(22)14-11-17(24-18(14)21)12-7-9-13(20)10-8-12/h3-11,19H,21H2,1-2H3. The van der Waals surface area contributed by atoms with Gasteiger partial charge in [-0.3, -0.25) is 0 Å². The maximum atomic E-state index is 6.22. The van der Waals surface area contributed by atoms with Gasteiger partial charge in [-0.05, 0) is 30.3 Å². The zero-order valence-electron chi connectivity index (χ0n) is 13.5. The van der Waals surface area contributed by atoms with Crippen LogP contribution in [0.15, 0.2) is 63.5 Å². The molecular formula is C19H18BrN3O. The molecule has 0 saturated heterocycles. The summed E-state index contributed by atoms with van der Waals surface area (Å²) in [5.74, 6) is 1.25. The molecule has 1 aliphatic rings. The molecule has 24 heavy (non-hydrogen) atoms. The number of nitrogens with two attached hydrogens (primary N) is 1. The van der Waals surface area contributed by atoms with Crippen molar-refractivity contribution in [2.45, 2.75) is 6.17 Å². The Hall–Kier alpha value is -2.40. The minimum atomic E-state index is 0.0235. The third-order valence-electron chi connectivity index (χ3n) is 4.57. The number of furan rings is 1. The Morgan fingerprint density at radius 2 is 1.54 bits per heavy atom. The van der Waals surface area contributed by atoms with E-state index < -0.39 is 0 Å².